The molecular weight excluding hydrogens is 366 g/mol. The highest BCUT2D eigenvalue weighted by atomic mass is 16.5. The van der Waals surface area contributed by atoms with Crippen molar-refractivity contribution in [3.05, 3.63) is 102 Å². The summed E-state index contributed by atoms with van der Waals surface area (Å²) in [6.07, 6.45) is 0. The van der Waals surface area contributed by atoms with Gasteiger partial charge < -0.3 is 9.84 Å². The van der Waals surface area contributed by atoms with Crippen molar-refractivity contribution in [3.8, 4) is 5.75 Å². The highest BCUT2D eigenvalue weighted by Crippen LogP contribution is 2.42. The number of hydrogen-bond acceptors (Lipinski definition) is 4. The van der Waals surface area contributed by atoms with Gasteiger partial charge in [0, 0.05) is 11.3 Å². The second kappa shape index (κ2) is 7.64. The summed E-state index contributed by atoms with van der Waals surface area (Å²) in [6.45, 7) is 0. The predicted octanol–water partition coefficient (Wildman–Crippen LogP) is 4.32. The molecule has 1 saturated heterocycles. The van der Waals surface area contributed by atoms with Crippen molar-refractivity contribution in [1.29, 1.82) is 0 Å². The molecule has 1 amide bonds. The Labute approximate surface area is 168 Å². The Hall–Kier alpha value is -3.86. The third-order valence-electron chi connectivity index (χ3n) is 4.96. The quantitative estimate of drug-likeness (QED) is 0.413. The minimum absolute atomic E-state index is 0.0650. The molecule has 1 aliphatic heterocycles. The number of anilines is 1. The van der Waals surface area contributed by atoms with Crippen molar-refractivity contribution in [1.82, 2.24) is 0 Å². The molecule has 0 aliphatic carbocycles. The Morgan fingerprint density at radius 1 is 0.862 bits per heavy atom. The molecule has 5 heteroatoms. The highest BCUT2D eigenvalue weighted by molar-refractivity contribution is 6.51. The summed E-state index contributed by atoms with van der Waals surface area (Å²) in [5.41, 5.74) is 1.84. The summed E-state index contributed by atoms with van der Waals surface area (Å²) >= 11 is 0. The Kier molecular flexibility index (Phi) is 4.87. The number of benzene rings is 3. The SMILES string of the molecule is COc1ccc(C(O)=C2C(=O)C(=O)N(c3ccccc3)C2c2ccccc2)cc1. The summed E-state index contributed by atoms with van der Waals surface area (Å²) in [6, 6.07) is 24.2. The molecule has 1 atom stereocenters. The Bertz CT molecular complexity index is 1070. The number of nitrogens with zero attached hydrogens (tertiary/aromatic N) is 1. The van der Waals surface area contributed by atoms with Crippen LogP contribution in [-0.2, 0) is 9.59 Å². The minimum atomic E-state index is -0.722. The molecule has 3 aromatic rings. The average Bonchev–Trinajstić information content (AvgIpc) is 3.05. The molecule has 1 fully saturated rings. The van der Waals surface area contributed by atoms with Crippen molar-refractivity contribution in [2.75, 3.05) is 12.0 Å². The normalized spacial score (nSPS) is 18.1. The lowest BCUT2D eigenvalue weighted by Gasteiger charge is -2.25. The molecule has 0 aromatic heterocycles. The molecule has 1 aliphatic rings. The number of rotatable bonds is 4. The Morgan fingerprint density at radius 2 is 1.45 bits per heavy atom. The number of Topliss-reactive ketones (excluding diaryl/α,β-unsaturated/α-hetero) is 1. The molecule has 5 nitrogen and oxygen atoms in total. The van der Waals surface area contributed by atoms with Gasteiger partial charge in [0.2, 0.25) is 0 Å². The maximum atomic E-state index is 13.0. The molecule has 1 N–H and O–H groups in total. The zero-order chi connectivity index (χ0) is 20.4. The molecule has 4 rings (SSSR count). The van der Waals surface area contributed by atoms with Crippen molar-refractivity contribution < 1.29 is 19.4 Å². The first-order valence-electron chi connectivity index (χ1n) is 9.17. The number of carbonyl (C=O) groups is 2. The maximum absolute atomic E-state index is 13.0. The lowest BCUT2D eigenvalue weighted by Crippen LogP contribution is -2.29. The average molecular weight is 385 g/mol. The molecule has 1 unspecified atom stereocenters. The molecule has 0 spiro atoms. The van der Waals surface area contributed by atoms with Gasteiger partial charge in [0.05, 0.1) is 18.7 Å². The largest absolute Gasteiger partial charge is 0.507 e. The fourth-order valence-electron chi connectivity index (χ4n) is 3.54. The fourth-order valence-corrected chi connectivity index (χ4v) is 3.54. The van der Waals surface area contributed by atoms with Crippen LogP contribution in [-0.4, -0.2) is 23.9 Å². The number of hydrogen-bond donors (Lipinski definition) is 1. The van der Waals surface area contributed by atoms with Gasteiger partial charge >= 0.3 is 0 Å². The summed E-state index contributed by atoms with van der Waals surface area (Å²) in [5.74, 6) is -0.958. The van der Waals surface area contributed by atoms with Gasteiger partial charge in [-0.05, 0) is 42.0 Å². The van der Waals surface area contributed by atoms with E-state index in [2.05, 4.69) is 0 Å². The van der Waals surface area contributed by atoms with Crippen LogP contribution in [0.25, 0.3) is 5.76 Å². The van der Waals surface area contributed by atoms with Crippen LogP contribution in [0.2, 0.25) is 0 Å². The van der Waals surface area contributed by atoms with E-state index < -0.39 is 17.7 Å². The van der Waals surface area contributed by atoms with E-state index in [-0.39, 0.29) is 11.3 Å². The number of ketones is 1. The lowest BCUT2D eigenvalue weighted by atomic mass is 9.95. The fraction of sp³-hybridized carbons (Fsp3) is 0.0833. The molecular formula is C24H19NO4. The summed E-state index contributed by atoms with van der Waals surface area (Å²) < 4.78 is 5.15. The van der Waals surface area contributed by atoms with Crippen LogP contribution in [0.1, 0.15) is 17.2 Å². The van der Waals surface area contributed by atoms with E-state index in [0.29, 0.717) is 17.0 Å². The van der Waals surface area contributed by atoms with Crippen molar-refractivity contribution in [2.24, 2.45) is 0 Å². The number of aliphatic hydroxyl groups is 1. The van der Waals surface area contributed by atoms with Crippen molar-refractivity contribution >= 4 is 23.1 Å². The Morgan fingerprint density at radius 3 is 2.03 bits per heavy atom. The molecule has 1 heterocycles. The molecule has 0 radical (unpaired) electrons. The number of para-hydroxylation sites is 1. The van der Waals surface area contributed by atoms with Crippen molar-refractivity contribution in [3.63, 3.8) is 0 Å². The van der Waals surface area contributed by atoms with Gasteiger partial charge in [-0.1, -0.05) is 48.5 Å². The van der Waals surface area contributed by atoms with Crippen molar-refractivity contribution in [2.45, 2.75) is 6.04 Å². The monoisotopic (exact) mass is 385 g/mol. The van der Waals surface area contributed by atoms with E-state index in [0.717, 1.165) is 5.56 Å². The third-order valence-corrected chi connectivity index (χ3v) is 4.96. The van der Waals surface area contributed by atoms with Crippen LogP contribution in [0.15, 0.2) is 90.5 Å². The third kappa shape index (κ3) is 3.27. The number of amides is 1. The second-order valence-electron chi connectivity index (χ2n) is 6.64. The van der Waals surface area contributed by atoms with Crippen LogP contribution in [0.3, 0.4) is 0 Å². The van der Waals surface area contributed by atoms with Gasteiger partial charge in [0.1, 0.15) is 11.5 Å². The van der Waals surface area contributed by atoms with E-state index in [1.54, 1.807) is 55.6 Å². The van der Waals surface area contributed by atoms with Crippen LogP contribution in [0, 0.1) is 0 Å². The van der Waals surface area contributed by atoms with Gasteiger partial charge in [0.25, 0.3) is 11.7 Å². The first-order chi connectivity index (χ1) is 14.1. The van der Waals surface area contributed by atoms with Gasteiger partial charge in [0.15, 0.2) is 0 Å². The first-order valence-corrected chi connectivity index (χ1v) is 9.17. The number of methoxy groups -OCH3 is 1. The zero-order valence-corrected chi connectivity index (χ0v) is 15.8. The van der Waals surface area contributed by atoms with Crippen LogP contribution in [0.5, 0.6) is 5.75 Å². The van der Waals surface area contributed by atoms with E-state index in [1.165, 1.54) is 4.90 Å². The highest BCUT2D eigenvalue weighted by Gasteiger charge is 2.46. The van der Waals surface area contributed by atoms with E-state index in [4.69, 9.17) is 4.74 Å². The maximum Gasteiger partial charge on any atom is 0.300 e. The molecule has 144 valence electrons. The molecule has 0 saturated carbocycles. The van der Waals surface area contributed by atoms with E-state index >= 15 is 0 Å². The van der Waals surface area contributed by atoms with Gasteiger partial charge in [-0.15, -0.1) is 0 Å². The summed E-state index contributed by atoms with van der Waals surface area (Å²) in [7, 11) is 1.55. The molecule has 29 heavy (non-hydrogen) atoms. The summed E-state index contributed by atoms with van der Waals surface area (Å²) in [5, 5.41) is 11.0. The predicted molar refractivity (Wildman–Crippen MR) is 111 cm³/mol. The number of carbonyl (C=O) groups excluding carboxylic acids is 2. The van der Waals surface area contributed by atoms with Gasteiger partial charge in [-0.3, -0.25) is 14.5 Å². The standard InChI is InChI=1S/C24H19NO4/c1-29-19-14-12-17(13-15-19)22(26)20-21(16-8-4-2-5-9-16)25(24(28)23(20)27)18-10-6-3-7-11-18/h2-15,21,26H,1H3. The minimum Gasteiger partial charge on any atom is -0.507 e. The molecule has 0 bridgehead atoms. The van der Waals surface area contributed by atoms with E-state index in [1.807, 2.05) is 36.4 Å². The topological polar surface area (TPSA) is 66.8 Å². The van der Waals surface area contributed by atoms with Crippen LogP contribution >= 0.6 is 0 Å². The van der Waals surface area contributed by atoms with Crippen LogP contribution in [0.4, 0.5) is 5.69 Å². The van der Waals surface area contributed by atoms with Gasteiger partial charge in [-0.2, -0.15) is 0 Å². The molecule has 3 aromatic carbocycles. The van der Waals surface area contributed by atoms with E-state index in [9.17, 15) is 14.7 Å². The Balaban J connectivity index is 1.91. The van der Waals surface area contributed by atoms with Gasteiger partial charge in [-0.25, -0.2) is 0 Å². The summed E-state index contributed by atoms with van der Waals surface area (Å²) in [4.78, 5) is 27.4. The van der Waals surface area contributed by atoms with Crippen LogP contribution < -0.4 is 9.64 Å². The smallest absolute Gasteiger partial charge is 0.300 e. The lowest BCUT2D eigenvalue weighted by molar-refractivity contribution is -0.132. The zero-order valence-electron chi connectivity index (χ0n) is 15.8. The first kappa shape index (κ1) is 18.5. The number of aliphatic hydroxyl groups excluding tert-OH is 1. The second-order valence-corrected chi connectivity index (χ2v) is 6.64. The number of ether oxygens (including phenoxy) is 1.